The summed E-state index contributed by atoms with van der Waals surface area (Å²) < 4.78 is 7.91. The van der Waals surface area contributed by atoms with Gasteiger partial charge in [-0.3, -0.25) is 9.69 Å². The summed E-state index contributed by atoms with van der Waals surface area (Å²) in [5, 5.41) is 3.79. The number of likely N-dealkylation sites (tertiary alicyclic amines) is 1. The zero-order chi connectivity index (χ0) is 26.6. The number of ether oxygens (including phenoxy) is 1. The van der Waals surface area contributed by atoms with Gasteiger partial charge in [0.2, 0.25) is 5.91 Å². The number of halogens is 2. The molecule has 1 saturated heterocycles. The molecule has 4 aliphatic rings. The number of anilines is 1. The molecule has 198 valence electrons. The molecule has 5 heterocycles. The van der Waals surface area contributed by atoms with E-state index < -0.39 is 5.54 Å². The molecule has 1 aliphatic carbocycles. The number of imidazole rings is 1. The predicted octanol–water partition coefficient (Wildman–Crippen LogP) is 6.01. The maximum atomic E-state index is 14.3. The Morgan fingerprint density at radius 2 is 2.03 bits per heavy atom. The Kier molecular flexibility index (Phi) is 5.09. The Bertz CT molecular complexity index is 1710. The molecular weight excluding hydrogens is 555 g/mol. The molecule has 1 saturated carbocycles. The van der Waals surface area contributed by atoms with Crippen LogP contribution in [0.4, 0.5) is 5.69 Å². The number of esters is 1. The second-order valence-electron chi connectivity index (χ2n) is 11.0. The van der Waals surface area contributed by atoms with Gasteiger partial charge >= 0.3 is 5.97 Å². The van der Waals surface area contributed by atoms with Crippen LogP contribution in [0, 0.1) is 5.92 Å². The number of carbonyl (C=O) groups excluding carboxylic acids is 2. The molecule has 4 atom stereocenters. The number of hydrogen-bond donors (Lipinski definition) is 1. The average Bonchev–Trinajstić information content (AvgIpc) is 3.17. The molecular formula is C29H24Cl2N4O3S. The summed E-state index contributed by atoms with van der Waals surface area (Å²) in [4.78, 5) is 35.2. The summed E-state index contributed by atoms with van der Waals surface area (Å²) in [6.07, 6.45) is 2.36. The van der Waals surface area contributed by atoms with Crippen molar-refractivity contribution in [1.29, 1.82) is 0 Å². The van der Waals surface area contributed by atoms with Gasteiger partial charge in [-0.1, -0.05) is 29.3 Å². The third-order valence-electron chi connectivity index (χ3n) is 8.98. The third-order valence-corrected chi connectivity index (χ3v) is 10.5. The molecule has 7 nitrogen and oxygen atoms in total. The van der Waals surface area contributed by atoms with E-state index in [-0.39, 0.29) is 29.8 Å². The highest BCUT2D eigenvalue weighted by Gasteiger charge is 2.69. The van der Waals surface area contributed by atoms with Crippen molar-refractivity contribution in [2.75, 3.05) is 19.0 Å². The quantitative estimate of drug-likeness (QED) is 0.300. The molecule has 3 aliphatic heterocycles. The lowest BCUT2D eigenvalue weighted by molar-refractivity contribution is -0.128. The lowest BCUT2D eigenvalue weighted by Crippen LogP contribution is -2.53. The second-order valence-corrected chi connectivity index (χ2v) is 13.2. The Hall–Kier alpha value is -2.91. The van der Waals surface area contributed by atoms with Crippen molar-refractivity contribution >= 4 is 63.1 Å². The molecule has 1 spiro atoms. The topological polar surface area (TPSA) is 76.5 Å². The van der Waals surface area contributed by atoms with E-state index in [4.69, 9.17) is 32.9 Å². The lowest BCUT2D eigenvalue weighted by Gasteiger charge is -2.40. The molecule has 0 radical (unpaired) electrons. The van der Waals surface area contributed by atoms with Gasteiger partial charge in [0, 0.05) is 52.1 Å². The van der Waals surface area contributed by atoms with Gasteiger partial charge in [-0.2, -0.15) is 0 Å². The summed E-state index contributed by atoms with van der Waals surface area (Å²) in [7, 11) is 1.38. The SMILES string of the molecule is COC(=O)c1ccc2c(c1)nc1n2C[C@H]2[C@@H]1[C@H](c1ccc(Cl)s1)[C@]1(C(=O)Nc3cc(Cl)ccc31)N2CC1CC1. The monoisotopic (exact) mass is 578 g/mol. The van der Waals surface area contributed by atoms with Crippen molar-refractivity contribution in [3.63, 3.8) is 0 Å². The number of nitrogens with one attached hydrogen (secondary N) is 1. The number of carbonyl (C=O) groups is 2. The predicted molar refractivity (Wildman–Crippen MR) is 151 cm³/mol. The van der Waals surface area contributed by atoms with E-state index in [2.05, 4.69) is 20.9 Å². The molecule has 1 amide bonds. The number of rotatable bonds is 4. The van der Waals surface area contributed by atoms with Crippen LogP contribution in [0.2, 0.25) is 9.36 Å². The molecule has 4 aromatic rings. The fourth-order valence-electron chi connectivity index (χ4n) is 7.30. The van der Waals surface area contributed by atoms with Crippen molar-refractivity contribution in [1.82, 2.24) is 14.5 Å². The molecule has 10 heteroatoms. The molecule has 39 heavy (non-hydrogen) atoms. The van der Waals surface area contributed by atoms with Crippen LogP contribution in [0.3, 0.4) is 0 Å². The van der Waals surface area contributed by atoms with E-state index in [1.165, 1.54) is 31.3 Å². The van der Waals surface area contributed by atoms with E-state index in [1.54, 1.807) is 12.1 Å². The minimum atomic E-state index is -0.896. The zero-order valence-corrected chi connectivity index (χ0v) is 23.3. The van der Waals surface area contributed by atoms with Crippen LogP contribution in [0.25, 0.3) is 11.0 Å². The van der Waals surface area contributed by atoms with Crippen LogP contribution < -0.4 is 5.32 Å². The van der Waals surface area contributed by atoms with Gasteiger partial charge in [0.05, 0.1) is 28.0 Å². The maximum Gasteiger partial charge on any atom is 0.337 e. The number of methoxy groups -OCH3 is 1. The Labute approximate surface area is 238 Å². The van der Waals surface area contributed by atoms with Gasteiger partial charge < -0.3 is 14.6 Å². The molecule has 1 N–H and O–H groups in total. The number of hydrogen-bond acceptors (Lipinski definition) is 6. The number of nitrogens with zero attached hydrogens (tertiary/aromatic N) is 3. The summed E-state index contributed by atoms with van der Waals surface area (Å²) in [5.74, 6) is 0.880. The van der Waals surface area contributed by atoms with E-state index in [0.29, 0.717) is 27.4 Å². The first-order chi connectivity index (χ1) is 18.9. The van der Waals surface area contributed by atoms with Crippen LogP contribution in [0.5, 0.6) is 0 Å². The lowest BCUT2D eigenvalue weighted by atomic mass is 9.74. The van der Waals surface area contributed by atoms with Gasteiger partial charge in [0.15, 0.2) is 0 Å². The normalized spacial score (nSPS) is 27.2. The van der Waals surface area contributed by atoms with E-state index in [9.17, 15) is 9.59 Å². The fourth-order valence-corrected chi connectivity index (χ4v) is 8.74. The molecule has 2 aromatic carbocycles. The van der Waals surface area contributed by atoms with Gasteiger partial charge in [-0.25, -0.2) is 9.78 Å². The minimum absolute atomic E-state index is 0.0139. The van der Waals surface area contributed by atoms with Crippen molar-refractivity contribution in [2.24, 2.45) is 5.92 Å². The minimum Gasteiger partial charge on any atom is -0.465 e. The fraction of sp³-hybridized carbons (Fsp3) is 0.345. The summed E-state index contributed by atoms with van der Waals surface area (Å²) in [5.41, 5.74) is 3.06. The molecule has 2 fully saturated rings. The van der Waals surface area contributed by atoms with Crippen LogP contribution in [-0.2, 0) is 21.6 Å². The van der Waals surface area contributed by atoms with Crippen molar-refractivity contribution < 1.29 is 14.3 Å². The number of thiophene rings is 1. The van der Waals surface area contributed by atoms with Gasteiger partial charge in [0.1, 0.15) is 11.4 Å². The Morgan fingerprint density at radius 3 is 2.77 bits per heavy atom. The van der Waals surface area contributed by atoms with Crippen LogP contribution in [0.15, 0.2) is 48.5 Å². The third kappa shape index (κ3) is 3.23. The van der Waals surface area contributed by atoms with Gasteiger partial charge in [-0.15, -0.1) is 11.3 Å². The van der Waals surface area contributed by atoms with E-state index in [1.807, 2.05) is 30.3 Å². The number of benzene rings is 2. The standard InChI is InChI=1S/C29H24Cl2N4O3S/c1-38-27(36)15-4-7-20-19(10-15)32-26-24-21(13-34(20)26)35(12-14-2-3-14)29(25(24)22-8-9-23(31)39-22)17-6-5-16(30)11-18(17)33-28(29)37/h4-11,14,21,24-25H,2-3,12-13H2,1H3,(H,33,37)/t21-,24+,25-,29+/m0/s1. The number of aromatic nitrogens is 2. The van der Waals surface area contributed by atoms with E-state index in [0.717, 1.165) is 39.5 Å². The van der Waals surface area contributed by atoms with Crippen molar-refractivity contribution in [3.8, 4) is 0 Å². The molecule has 8 rings (SSSR count). The average molecular weight is 580 g/mol. The highest BCUT2D eigenvalue weighted by atomic mass is 35.5. The summed E-state index contributed by atoms with van der Waals surface area (Å²) in [6, 6.07) is 15.4. The smallest absolute Gasteiger partial charge is 0.337 e. The van der Waals surface area contributed by atoms with E-state index >= 15 is 0 Å². The summed E-state index contributed by atoms with van der Waals surface area (Å²) >= 11 is 14.4. The maximum absolute atomic E-state index is 14.3. The van der Waals surface area contributed by atoms with Crippen LogP contribution in [0.1, 0.15) is 51.3 Å². The van der Waals surface area contributed by atoms with Crippen molar-refractivity contribution in [2.45, 2.75) is 42.8 Å². The van der Waals surface area contributed by atoms with Crippen LogP contribution in [-0.4, -0.2) is 46.0 Å². The summed E-state index contributed by atoms with van der Waals surface area (Å²) in [6.45, 7) is 1.57. The van der Waals surface area contributed by atoms with Crippen LogP contribution >= 0.6 is 34.5 Å². The largest absolute Gasteiger partial charge is 0.465 e. The first-order valence-electron chi connectivity index (χ1n) is 13.1. The van der Waals surface area contributed by atoms with Gasteiger partial charge in [0.25, 0.3) is 0 Å². The molecule has 0 bridgehead atoms. The van der Waals surface area contributed by atoms with Crippen molar-refractivity contribution in [3.05, 3.63) is 79.7 Å². The highest BCUT2D eigenvalue weighted by Crippen LogP contribution is 2.65. The molecule has 2 aromatic heterocycles. The first kappa shape index (κ1) is 23.9. The second kappa shape index (κ2) is 8.30. The molecule has 0 unspecified atom stereocenters. The first-order valence-corrected chi connectivity index (χ1v) is 14.7. The van der Waals surface area contributed by atoms with Gasteiger partial charge in [-0.05, 0) is 61.2 Å². The number of fused-ring (bicyclic) bond motifs is 7. The Balaban J connectivity index is 1.37. The Morgan fingerprint density at radius 1 is 1.18 bits per heavy atom. The zero-order valence-electron chi connectivity index (χ0n) is 21.0. The highest BCUT2D eigenvalue weighted by molar-refractivity contribution is 7.16. The number of amides is 1.